The third kappa shape index (κ3) is 4.83. The van der Waals surface area contributed by atoms with E-state index in [-0.39, 0.29) is 12.2 Å². The Kier molecular flexibility index (Phi) is 4.46. The van der Waals surface area contributed by atoms with Crippen molar-refractivity contribution in [1.29, 1.82) is 5.26 Å². The topological polar surface area (TPSA) is 39.9 Å². The molecule has 0 atom stereocenters. The second-order valence-corrected chi connectivity index (χ2v) is 3.58. The summed E-state index contributed by atoms with van der Waals surface area (Å²) >= 11 is 0. The number of hydrogen-bond acceptors (Lipinski definition) is 3. The first kappa shape index (κ1) is 13.5. The summed E-state index contributed by atoms with van der Waals surface area (Å²) in [5, 5.41) is 8.63. The molecule has 92 valence electrons. The molecule has 0 radical (unpaired) electrons. The molecule has 1 rings (SSSR count). The van der Waals surface area contributed by atoms with E-state index in [1.807, 2.05) is 6.07 Å². The highest BCUT2D eigenvalue weighted by Crippen LogP contribution is 2.17. The van der Waals surface area contributed by atoms with Gasteiger partial charge in [-0.15, -0.1) is 0 Å². The predicted molar refractivity (Wildman–Crippen MR) is 56.0 cm³/mol. The Labute approximate surface area is 97.5 Å². The van der Waals surface area contributed by atoms with Gasteiger partial charge in [0.05, 0.1) is 6.54 Å². The van der Waals surface area contributed by atoms with Gasteiger partial charge in [-0.05, 0) is 24.2 Å². The van der Waals surface area contributed by atoms with E-state index in [1.54, 1.807) is 13.0 Å². The van der Waals surface area contributed by atoms with Crippen LogP contribution in [0.4, 0.5) is 13.2 Å². The number of nitrogens with zero attached hydrogens (tertiary/aromatic N) is 3. The fraction of sp³-hybridized carbons (Fsp3) is 0.455. The third-order valence-electron chi connectivity index (χ3n) is 2.20. The average molecular weight is 243 g/mol. The van der Waals surface area contributed by atoms with E-state index in [1.165, 1.54) is 17.2 Å². The normalized spacial score (nSPS) is 11.5. The monoisotopic (exact) mass is 243 g/mol. The smallest absolute Gasteiger partial charge is 0.291 e. The highest BCUT2D eigenvalue weighted by atomic mass is 19.4. The second kappa shape index (κ2) is 5.64. The van der Waals surface area contributed by atoms with Gasteiger partial charge in [0.25, 0.3) is 0 Å². The van der Waals surface area contributed by atoms with Crippen LogP contribution in [0.5, 0.6) is 0 Å². The quantitative estimate of drug-likeness (QED) is 0.814. The van der Waals surface area contributed by atoms with Crippen molar-refractivity contribution < 1.29 is 13.2 Å². The van der Waals surface area contributed by atoms with Crippen LogP contribution in [0.25, 0.3) is 0 Å². The number of rotatable bonds is 4. The second-order valence-electron chi connectivity index (χ2n) is 3.58. The zero-order valence-electron chi connectivity index (χ0n) is 9.33. The maximum atomic E-state index is 12.2. The van der Waals surface area contributed by atoms with Crippen molar-refractivity contribution in [2.45, 2.75) is 19.6 Å². The lowest BCUT2D eigenvalue weighted by atomic mass is 10.2. The summed E-state index contributed by atoms with van der Waals surface area (Å²) in [5.41, 5.74) is 0.869. The van der Waals surface area contributed by atoms with Gasteiger partial charge in [0.2, 0.25) is 0 Å². The first-order chi connectivity index (χ1) is 7.94. The van der Waals surface area contributed by atoms with Gasteiger partial charge in [-0.1, -0.05) is 6.92 Å². The molecule has 0 aromatic carbocycles. The minimum Gasteiger partial charge on any atom is -0.291 e. The zero-order chi connectivity index (χ0) is 12.9. The number of alkyl halides is 3. The molecule has 17 heavy (non-hydrogen) atoms. The van der Waals surface area contributed by atoms with Crippen molar-refractivity contribution in [3.05, 3.63) is 29.6 Å². The Morgan fingerprint density at radius 2 is 2.18 bits per heavy atom. The number of hydrogen-bond donors (Lipinski definition) is 0. The summed E-state index contributed by atoms with van der Waals surface area (Å²) in [4.78, 5) is 5.02. The first-order valence-corrected chi connectivity index (χ1v) is 5.08. The number of pyridine rings is 1. The zero-order valence-corrected chi connectivity index (χ0v) is 9.33. The maximum Gasteiger partial charge on any atom is 0.401 e. The Hall–Kier alpha value is -1.61. The molecular formula is C11H12F3N3. The van der Waals surface area contributed by atoms with Crippen LogP contribution in [0.1, 0.15) is 18.2 Å². The molecule has 1 aromatic heterocycles. The first-order valence-electron chi connectivity index (χ1n) is 5.08. The van der Waals surface area contributed by atoms with Gasteiger partial charge < -0.3 is 0 Å². The Morgan fingerprint density at radius 1 is 1.47 bits per heavy atom. The van der Waals surface area contributed by atoms with Crippen molar-refractivity contribution in [2.75, 3.05) is 13.1 Å². The molecule has 3 nitrogen and oxygen atoms in total. The fourth-order valence-corrected chi connectivity index (χ4v) is 1.43. The van der Waals surface area contributed by atoms with Gasteiger partial charge in [-0.2, -0.15) is 18.4 Å². The molecule has 0 aliphatic heterocycles. The van der Waals surface area contributed by atoms with Crippen LogP contribution in [0.2, 0.25) is 0 Å². The van der Waals surface area contributed by atoms with Crippen molar-refractivity contribution in [2.24, 2.45) is 0 Å². The Balaban J connectivity index is 2.71. The van der Waals surface area contributed by atoms with Crippen LogP contribution in [0.3, 0.4) is 0 Å². The standard InChI is InChI=1S/C11H12F3N3/c1-2-17(8-11(12,13)14)7-9-3-4-16-10(5-9)6-15/h3-5H,2,7-8H2,1H3. The minimum absolute atomic E-state index is 0.160. The molecule has 0 aliphatic carbocycles. The molecule has 0 amide bonds. The van der Waals surface area contributed by atoms with Crippen LogP contribution < -0.4 is 0 Å². The van der Waals surface area contributed by atoms with E-state index in [4.69, 9.17) is 5.26 Å². The largest absolute Gasteiger partial charge is 0.401 e. The summed E-state index contributed by atoms with van der Waals surface area (Å²) in [6.07, 6.45) is -2.78. The van der Waals surface area contributed by atoms with Gasteiger partial charge in [0.15, 0.2) is 0 Å². The molecule has 0 aliphatic rings. The van der Waals surface area contributed by atoms with Crippen molar-refractivity contribution in [1.82, 2.24) is 9.88 Å². The van der Waals surface area contributed by atoms with E-state index in [9.17, 15) is 13.2 Å². The number of aromatic nitrogens is 1. The van der Waals surface area contributed by atoms with Crippen LogP contribution >= 0.6 is 0 Å². The number of nitriles is 1. The van der Waals surface area contributed by atoms with E-state index >= 15 is 0 Å². The van der Waals surface area contributed by atoms with Gasteiger partial charge in [-0.25, -0.2) is 4.98 Å². The summed E-state index contributed by atoms with van der Waals surface area (Å²) in [6.45, 7) is 1.17. The van der Waals surface area contributed by atoms with Gasteiger partial charge in [0.1, 0.15) is 11.8 Å². The molecule has 0 saturated carbocycles. The lowest BCUT2D eigenvalue weighted by molar-refractivity contribution is -0.146. The van der Waals surface area contributed by atoms with E-state index < -0.39 is 12.7 Å². The van der Waals surface area contributed by atoms with Crippen LogP contribution in [0.15, 0.2) is 18.3 Å². The van der Waals surface area contributed by atoms with Gasteiger partial charge in [-0.3, -0.25) is 4.90 Å². The summed E-state index contributed by atoms with van der Waals surface area (Å²) in [6, 6.07) is 4.97. The Bertz CT molecular complexity index is 409. The lowest BCUT2D eigenvalue weighted by Gasteiger charge is -2.21. The molecular weight excluding hydrogens is 231 g/mol. The average Bonchev–Trinajstić information content (AvgIpc) is 2.26. The van der Waals surface area contributed by atoms with Gasteiger partial charge >= 0.3 is 6.18 Å². The van der Waals surface area contributed by atoms with Crippen molar-refractivity contribution in [3.8, 4) is 6.07 Å². The molecule has 0 spiro atoms. The summed E-state index contributed by atoms with van der Waals surface area (Å²) in [5.74, 6) is 0. The van der Waals surface area contributed by atoms with E-state index in [0.717, 1.165) is 0 Å². The maximum absolute atomic E-state index is 12.2. The van der Waals surface area contributed by atoms with Crippen molar-refractivity contribution >= 4 is 0 Å². The molecule has 0 bridgehead atoms. The predicted octanol–water partition coefficient (Wildman–Crippen LogP) is 2.34. The molecule has 0 unspecified atom stereocenters. The van der Waals surface area contributed by atoms with Crippen LogP contribution in [-0.2, 0) is 6.54 Å². The van der Waals surface area contributed by atoms with Crippen LogP contribution in [0, 0.1) is 11.3 Å². The molecule has 0 fully saturated rings. The van der Waals surface area contributed by atoms with Crippen LogP contribution in [-0.4, -0.2) is 29.1 Å². The highest BCUT2D eigenvalue weighted by molar-refractivity contribution is 5.25. The molecule has 1 aromatic rings. The SMILES string of the molecule is CCN(Cc1ccnc(C#N)c1)CC(F)(F)F. The third-order valence-corrected chi connectivity index (χ3v) is 2.20. The van der Waals surface area contributed by atoms with Crippen molar-refractivity contribution in [3.63, 3.8) is 0 Å². The van der Waals surface area contributed by atoms with E-state index in [2.05, 4.69) is 4.98 Å². The fourth-order valence-electron chi connectivity index (χ4n) is 1.43. The lowest BCUT2D eigenvalue weighted by Crippen LogP contribution is -2.33. The Morgan fingerprint density at radius 3 is 2.71 bits per heavy atom. The van der Waals surface area contributed by atoms with Gasteiger partial charge in [0, 0.05) is 12.7 Å². The minimum atomic E-state index is -4.21. The van der Waals surface area contributed by atoms with E-state index in [0.29, 0.717) is 12.1 Å². The molecule has 1 heterocycles. The summed E-state index contributed by atoms with van der Waals surface area (Å²) in [7, 11) is 0. The number of halogens is 3. The molecule has 0 saturated heterocycles. The molecule has 0 N–H and O–H groups in total. The highest BCUT2D eigenvalue weighted by Gasteiger charge is 2.29. The summed E-state index contributed by atoms with van der Waals surface area (Å²) < 4.78 is 36.7. The molecule has 6 heteroatoms.